The Bertz CT molecular complexity index is 814. The van der Waals surface area contributed by atoms with Gasteiger partial charge in [-0.15, -0.1) is 0 Å². The number of nitrogens with one attached hydrogen (secondary N) is 2. The van der Waals surface area contributed by atoms with Gasteiger partial charge in [-0.25, -0.2) is 9.37 Å². The Balaban J connectivity index is 2.22. The van der Waals surface area contributed by atoms with Gasteiger partial charge in [0.05, 0.1) is 11.3 Å². The molecule has 0 unspecified atom stereocenters. The average Bonchev–Trinajstić information content (AvgIpc) is 2.61. The van der Waals surface area contributed by atoms with E-state index in [4.69, 9.17) is 11.6 Å². The molecule has 5 nitrogen and oxygen atoms in total. The SMILES string of the molecule is C=N/C=C\C(NC(=O)c1ccc(Cl)nc1)=C(/C)Nc1ccc(F)cc1. The summed E-state index contributed by atoms with van der Waals surface area (Å²) in [6, 6.07) is 8.97. The van der Waals surface area contributed by atoms with Crippen LogP contribution >= 0.6 is 11.6 Å². The van der Waals surface area contributed by atoms with Crippen molar-refractivity contribution in [3.05, 3.63) is 82.8 Å². The number of anilines is 1. The summed E-state index contributed by atoms with van der Waals surface area (Å²) in [6.07, 6.45) is 4.43. The molecule has 1 heterocycles. The van der Waals surface area contributed by atoms with Gasteiger partial charge in [0, 0.05) is 23.8 Å². The molecular weight excluding hydrogens is 343 g/mol. The van der Waals surface area contributed by atoms with Crippen molar-refractivity contribution in [1.29, 1.82) is 0 Å². The van der Waals surface area contributed by atoms with Crippen molar-refractivity contribution in [3.63, 3.8) is 0 Å². The van der Waals surface area contributed by atoms with Crippen LogP contribution in [0.15, 0.2) is 71.3 Å². The van der Waals surface area contributed by atoms with Gasteiger partial charge in [-0.1, -0.05) is 11.6 Å². The highest BCUT2D eigenvalue weighted by Crippen LogP contribution is 2.14. The van der Waals surface area contributed by atoms with Crippen LogP contribution in [0.1, 0.15) is 17.3 Å². The van der Waals surface area contributed by atoms with E-state index in [1.807, 2.05) is 0 Å². The summed E-state index contributed by atoms with van der Waals surface area (Å²) in [5.41, 5.74) is 2.16. The van der Waals surface area contributed by atoms with Crippen LogP contribution in [0.2, 0.25) is 5.15 Å². The molecular formula is C18H16ClFN4O. The maximum atomic E-state index is 13.0. The van der Waals surface area contributed by atoms with Gasteiger partial charge in [0.1, 0.15) is 11.0 Å². The monoisotopic (exact) mass is 358 g/mol. The number of allylic oxidation sites excluding steroid dienone is 2. The van der Waals surface area contributed by atoms with Gasteiger partial charge in [-0.3, -0.25) is 9.79 Å². The molecule has 0 fully saturated rings. The summed E-state index contributed by atoms with van der Waals surface area (Å²) < 4.78 is 13.0. The third-order valence-corrected chi connectivity index (χ3v) is 3.39. The van der Waals surface area contributed by atoms with E-state index in [2.05, 4.69) is 27.3 Å². The molecule has 0 aliphatic heterocycles. The number of pyridine rings is 1. The minimum Gasteiger partial charge on any atom is -0.357 e. The van der Waals surface area contributed by atoms with Gasteiger partial charge >= 0.3 is 0 Å². The van der Waals surface area contributed by atoms with E-state index >= 15 is 0 Å². The molecule has 0 saturated carbocycles. The van der Waals surface area contributed by atoms with Crippen molar-refractivity contribution in [1.82, 2.24) is 10.3 Å². The average molecular weight is 359 g/mol. The Morgan fingerprint density at radius 3 is 2.60 bits per heavy atom. The van der Waals surface area contributed by atoms with E-state index < -0.39 is 0 Å². The molecule has 0 atom stereocenters. The van der Waals surface area contributed by atoms with Crippen LogP contribution in [0, 0.1) is 5.82 Å². The third-order valence-electron chi connectivity index (χ3n) is 3.16. The molecule has 0 aliphatic rings. The fraction of sp³-hybridized carbons (Fsp3) is 0.0556. The highest BCUT2D eigenvalue weighted by molar-refractivity contribution is 6.29. The minimum absolute atomic E-state index is 0.303. The Hall–Kier alpha value is -2.99. The molecule has 1 amide bonds. The van der Waals surface area contributed by atoms with Crippen LogP contribution in [-0.2, 0) is 0 Å². The number of nitrogens with zero attached hydrogens (tertiary/aromatic N) is 2. The number of carbonyl (C=O) groups is 1. The van der Waals surface area contributed by atoms with Crippen LogP contribution < -0.4 is 10.6 Å². The number of rotatable bonds is 6. The summed E-state index contributed by atoms with van der Waals surface area (Å²) in [5.74, 6) is -0.681. The lowest BCUT2D eigenvalue weighted by atomic mass is 10.2. The number of carbonyl (C=O) groups excluding carboxylic acids is 1. The first-order valence-corrected chi connectivity index (χ1v) is 7.66. The van der Waals surface area contributed by atoms with Crippen molar-refractivity contribution in [2.75, 3.05) is 5.32 Å². The fourth-order valence-electron chi connectivity index (χ4n) is 1.91. The molecule has 128 valence electrons. The molecule has 7 heteroatoms. The number of hydrogen-bond acceptors (Lipinski definition) is 4. The standard InChI is InChI=1S/C18H16ClFN4O/c1-12(23-15-6-4-14(20)5-7-15)16(9-10-21-2)24-18(25)13-3-8-17(19)22-11-13/h3-11,23H,2H2,1H3,(H,24,25)/b10-9-,16-12-. The Kier molecular flexibility index (Phi) is 6.42. The van der Waals surface area contributed by atoms with Crippen LogP contribution in [0.3, 0.4) is 0 Å². The summed E-state index contributed by atoms with van der Waals surface area (Å²) in [7, 11) is 0. The normalized spacial score (nSPS) is 11.8. The maximum Gasteiger partial charge on any atom is 0.257 e. The molecule has 2 N–H and O–H groups in total. The lowest BCUT2D eigenvalue weighted by Crippen LogP contribution is -2.24. The van der Waals surface area contributed by atoms with E-state index in [0.717, 1.165) is 0 Å². The van der Waals surface area contributed by atoms with Gasteiger partial charge in [0.25, 0.3) is 5.91 Å². The zero-order valence-corrected chi connectivity index (χ0v) is 14.2. The number of amides is 1. The quantitative estimate of drug-likeness (QED) is 0.463. The molecule has 1 aromatic carbocycles. The van der Waals surface area contributed by atoms with Gasteiger partial charge < -0.3 is 10.6 Å². The summed E-state index contributed by atoms with van der Waals surface area (Å²) in [6.45, 7) is 5.14. The van der Waals surface area contributed by atoms with E-state index in [1.54, 1.807) is 31.2 Å². The maximum absolute atomic E-state index is 13.0. The van der Waals surface area contributed by atoms with E-state index in [0.29, 0.717) is 27.8 Å². The predicted octanol–water partition coefficient (Wildman–Crippen LogP) is 4.16. The van der Waals surface area contributed by atoms with Crippen molar-refractivity contribution in [2.45, 2.75) is 6.92 Å². The third kappa shape index (κ3) is 5.54. The first-order chi connectivity index (χ1) is 12.0. The Labute approximate surface area is 150 Å². The summed E-state index contributed by atoms with van der Waals surface area (Å²) >= 11 is 5.72. The smallest absolute Gasteiger partial charge is 0.257 e. The van der Waals surface area contributed by atoms with Gasteiger partial charge in [0.15, 0.2) is 0 Å². The zero-order valence-electron chi connectivity index (χ0n) is 13.5. The van der Waals surface area contributed by atoms with Crippen LogP contribution in [-0.4, -0.2) is 17.6 Å². The van der Waals surface area contributed by atoms with Crippen LogP contribution in [0.4, 0.5) is 10.1 Å². The molecule has 0 radical (unpaired) electrons. The lowest BCUT2D eigenvalue weighted by molar-refractivity contribution is 0.0966. The molecule has 0 aliphatic carbocycles. The van der Waals surface area contributed by atoms with Crippen LogP contribution in [0.5, 0.6) is 0 Å². The number of hydrogen-bond donors (Lipinski definition) is 2. The predicted molar refractivity (Wildman–Crippen MR) is 98.1 cm³/mol. The Morgan fingerprint density at radius 2 is 2.00 bits per heavy atom. The van der Waals surface area contributed by atoms with Gasteiger partial charge in [-0.05, 0) is 56.1 Å². The molecule has 1 aromatic heterocycles. The first kappa shape index (κ1) is 18.4. The minimum atomic E-state index is -0.354. The van der Waals surface area contributed by atoms with E-state index in [-0.39, 0.29) is 11.7 Å². The number of aliphatic imine (C=N–C) groups is 1. The van der Waals surface area contributed by atoms with E-state index in [9.17, 15) is 9.18 Å². The topological polar surface area (TPSA) is 66.4 Å². The second-order valence-electron chi connectivity index (χ2n) is 4.99. The van der Waals surface area contributed by atoms with Gasteiger partial charge in [-0.2, -0.15) is 0 Å². The zero-order chi connectivity index (χ0) is 18.2. The highest BCUT2D eigenvalue weighted by Gasteiger charge is 2.09. The number of benzene rings is 1. The highest BCUT2D eigenvalue weighted by atomic mass is 35.5. The second-order valence-corrected chi connectivity index (χ2v) is 5.38. The molecule has 0 bridgehead atoms. The van der Waals surface area contributed by atoms with Crippen molar-refractivity contribution >= 4 is 29.9 Å². The number of aromatic nitrogens is 1. The van der Waals surface area contributed by atoms with Crippen molar-refractivity contribution < 1.29 is 9.18 Å². The van der Waals surface area contributed by atoms with Gasteiger partial charge in [0.2, 0.25) is 0 Å². The van der Waals surface area contributed by atoms with Crippen molar-refractivity contribution in [3.8, 4) is 0 Å². The molecule has 25 heavy (non-hydrogen) atoms. The first-order valence-electron chi connectivity index (χ1n) is 7.28. The summed E-state index contributed by atoms with van der Waals surface area (Å²) in [4.78, 5) is 19.9. The number of halogens is 2. The van der Waals surface area contributed by atoms with E-state index in [1.165, 1.54) is 30.6 Å². The molecule has 0 spiro atoms. The lowest BCUT2D eigenvalue weighted by Gasteiger charge is -2.13. The largest absolute Gasteiger partial charge is 0.357 e. The fourth-order valence-corrected chi connectivity index (χ4v) is 2.02. The molecule has 0 saturated heterocycles. The van der Waals surface area contributed by atoms with Crippen LogP contribution in [0.25, 0.3) is 0 Å². The Morgan fingerprint density at radius 1 is 1.28 bits per heavy atom. The molecule has 2 aromatic rings. The molecule has 2 rings (SSSR count). The second kappa shape index (κ2) is 8.75. The van der Waals surface area contributed by atoms with Crippen molar-refractivity contribution in [2.24, 2.45) is 4.99 Å². The summed E-state index contributed by atoms with van der Waals surface area (Å²) in [5, 5.41) is 6.16.